The minimum Gasteiger partial charge on any atom is -0.264 e. The summed E-state index contributed by atoms with van der Waals surface area (Å²) in [5.41, 5.74) is 0.885. The molecule has 3 nitrogen and oxygen atoms in total. The number of aryl methyl sites for hydroxylation is 1. The van der Waals surface area contributed by atoms with Gasteiger partial charge in [0.25, 0.3) is 0 Å². The van der Waals surface area contributed by atoms with Gasteiger partial charge in [-0.05, 0) is 35.6 Å². The quantitative estimate of drug-likeness (QED) is 0.840. The van der Waals surface area contributed by atoms with E-state index in [2.05, 4.69) is 4.98 Å². The second-order valence-corrected chi connectivity index (χ2v) is 6.19. The number of rotatable bonds is 3. The molecule has 1 heterocycles. The lowest BCUT2D eigenvalue weighted by molar-refractivity contribution is 0.600. The molecule has 0 radical (unpaired) electrons. The summed E-state index contributed by atoms with van der Waals surface area (Å²) in [6.45, 7) is 2.04. The lowest BCUT2D eigenvalue weighted by Gasteiger charge is -2.09. The Morgan fingerprint density at radius 2 is 2.00 bits per heavy atom. The van der Waals surface area contributed by atoms with Crippen LogP contribution in [0.15, 0.2) is 35.5 Å². The average molecular weight is 249 g/mol. The molecule has 0 spiro atoms. The maximum Gasteiger partial charge on any atom is 0.175 e. The number of hydrogen-bond donors (Lipinski definition) is 0. The van der Waals surface area contributed by atoms with Gasteiger partial charge < -0.3 is 0 Å². The normalized spacial score (nSPS) is 11.9. The molecule has 0 bridgehead atoms. The SMILES string of the molecule is CCCc1cc2cnccc2cc1S(C)(=O)=O. The number of hydrogen-bond acceptors (Lipinski definition) is 3. The number of pyridine rings is 1. The number of fused-ring (bicyclic) bond motifs is 1. The fourth-order valence-electron chi connectivity index (χ4n) is 1.97. The highest BCUT2D eigenvalue weighted by Crippen LogP contribution is 2.24. The smallest absolute Gasteiger partial charge is 0.175 e. The van der Waals surface area contributed by atoms with Gasteiger partial charge in [-0.1, -0.05) is 13.3 Å². The fraction of sp³-hybridized carbons (Fsp3) is 0.308. The molecule has 2 rings (SSSR count). The molecule has 90 valence electrons. The Morgan fingerprint density at radius 1 is 1.24 bits per heavy atom. The molecule has 0 fully saturated rings. The van der Waals surface area contributed by atoms with Crippen molar-refractivity contribution in [3.05, 3.63) is 36.2 Å². The fourth-order valence-corrected chi connectivity index (χ4v) is 2.95. The van der Waals surface area contributed by atoms with E-state index in [-0.39, 0.29) is 0 Å². The molecule has 0 unspecified atom stereocenters. The van der Waals surface area contributed by atoms with Crippen LogP contribution >= 0.6 is 0 Å². The van der Waals surface area contributed by atoms with Crippen LogP contribution in [0.3, 0.4) is 0 Å². The van der Waals surface area contributed by atoms with E-state index in [0.717, 1.165) is 29.2 Å². The van der Waals surface area contributed by atoms with Gasteiger partial charge >= 0.3 is 0 Å². The van der Waals surface area contributed by atoms with Gasteiger partial charge in [0.1, 0.15) is 0 Å². The Hall–Kier alpha value is -1.42. The zero-order valence-electron chi connectivity index (χ0n) is 9.97. The van der Waals surface area contributed by atoms with E-state index in [1.165, 1.54) is 6.26 Å². The molecule has 1 aromatic carbocycles. The number of sulfone groups is 1. The van der Waals surface area contributed by atoms with Crippen molar-refractivity contribution in [3.8, 4) is 0 Å². The van der Waals surface area contributed by atoms with Crippen LogP contribution in [0, 0.1) is 0 Å². The molecule has 0 aliphatic rings. The first-order chi connectivity index (χ1) is 8.02. The summed E-state index contributed by atoms with van der Waals surface area (Å²) in [7, 11) is -3.17. The van der Waals surface area contributed by atoms with Gasteiger partial charge in [-0.25, -0.2) is 8.42 Å². The zero-order valence-corrected chi connectivity index (χ0v) is 10.8. The van der Waals surface area contributed by atoms with Gasteiger partial charge in [0.2, 0.25) is 0 Å². The van der Waals surface area contributed by atoms with Gasteiger partial charge in [-0.2, -0.15) is 0 Å². The van der Waals surface area contributed by atoms with Gasteiger partial charge in [0, 0.05) is 24.0 Å². The average Bonchev–Trinajstić information content (AvgIpc) is 2.27. The maximum atomic E-state index is 11.8. The van der Waals surface area contributed by atoms with Crippen LogP contribution in [0.2, 0.25) is 0 Å². The van der Waals surface area contributed by atoms with Crippen LogP contribution in [0.4, 0.5) is 0 Å². The van der Waals surface area contributed by atoms with E-state index < -0.39 is 9.84 Å². The molecule has 0 aliphatic heterocycles. The Kier molecular flexibility index (Phi) is 3.15. The molecule has 0 atom stereocenters. The van der Waals surface area contributed by atoms with Crippen molar-refractivity contribution in [2.24, 2.45) is 0 Å². The molecule has 17 heavy (non-hydrogen) atoms. The first kappa shape index (κ1) is 12.0. The lowest BCUT2D eigenvalue weighted by Crippen LogP contribution is -2.02. The van der Waals surface area contributed by atoms with Gasteiger partial charge in [0.05, 0.1) is 4.90 Å². The van der Waals surface area contributed by atoms with Crippen molar-refractivity contribution in [3.63, 3.8) is 0 Å². The Morgan fingerprint density at radius 3 is 2.65 bits per heavy atom. The van der Waals surface area contributed by atoms with Crippen LogP contribution in [0.5, 0.6) is 0 Å². The standard InChI is InChI=1S/C13H15NO2S/c1-3-4-11-7-12-9-14-6-5-10(12)8-13(11)17(2,15)16/h5-9H,3-4H2,1-2H3. The second-order valence-electron chi connectivity index (χ2n) is 4.20. The monoisotopic (exact) mass is 249 g/mol. The van der Waals surface area contributed by atoms with E-state index in [0.29, 0.717) is 4.90 Å². The summed E-state index contributed by atoms with van der Waals surface area (Å²) in [5.74, 6) is 0. The predicted molar refractivity (Wildman–Crippen MR) is 68.8 cm³/mol. The van der Waals surface area contributed by atoms with E-state index in [4.69, 9.17) is 0 Å². The lowest BCUT2D eigenvalue weighted by atomic mass is 10.1. The highest BCUT2D eigenvalue weighted by atomic mass is 32.2. The van der Waals surface area contributed by atoms with E-state index in [9.17, 15) is 8.42 Å². The van der Waals surface area contributed by atoms with Gasteiger partial charge in [-0.3, -0.25) is 4.98 Å². The summed E-state index contributed by atoms with van der Waals surface area (Å²) in [6, 6.07) is 5.51. The number of benzene rings is 1. The Balaban J connectivity index is 2.75. The first-order valence-electron chi connectivity index (χ1n) is 5.59. The summed E-state index contributed by atoms with van der Waals surface area (Å²) < 4.78 is 23.5. The minimum absolute atomic E-state index is 0.443. The molecule has 1 aromatic heterocycles. The van der Waals surface area contributed by atoms with E-state index >= 15 is 0 Å². The summed E-state index contributed by atoms with van der Waals surface area (Å²) in [5, 5.41) is 1.91. The highest BCUT2D eigenvalue weighted by molar-refractivity contribution is 7.90. The van der Waals surface area contributed by atoms with E-state index in [1.807, 2.05) is 19.1 Å². The van der Waals surface area contributed by atoms with Crippen LogP contribution in [0.25, 0.3) is 10.8 Å². The highest BCUT2D eigenvalue weighted by Gasteiger charge is 2.13. The summed E-state index contributed by atoms with van der Waals surface area (Å²) >= 11 is 0. The van der Waals surface area contributed by atoms with Crippen LogP contribution < -0.4 is 0 Å². The van der Waals surface area contributed by atoms with Crippen LogP contribution in [-0.4, -0.2) is 19.7 Å². The Labute approximate surface area is 101 Å². The zero-order chi connectivity index (χ0) is 12.5. The predicted octanol–water partition coefficient (Wildman–Crippen LogP) is 2.59. The van der Waals surface area contributed by atoms with Crippen molar-refractivity contribution in [1.29, 1.82) is 0 Å². The maximum absolute atomic E-state index is 11.8. The Bertz CT molecular complexity index is 648. The third-order valence-corrected chi connectivity index (χ3v) is 3.92. The van der Waals surface area contributed by atoms with Crippen LogP contribution in [-0.2, 0) is 16.3 Å². The second kappa shape index (κ2) is 4.45. The topological polar surface area (TPSA) is 47.0 Å². The number of nitrogens with zero attached hydrogens (tertiary/aromatic N) is 1. The molecule has 0 aliphatic carbocycles. The van der Waals surface area contributed by atoms with Crippen molar-refractivity contribution >= 4 is 20.6 Å². The molecule has 0 N–H and O–H groups in total. The first-order valence-corrected chi connectivity index (χ1v) is 7.48. The molecular formula is C13H15NO2S. The van der Waals surface area contributed by atoms with Crippen molar-refractivity contribution < 1.29 is 8.42 Å². The third-order valence-electron chi connectivity index (χ3n) is 2.74. The number of aromatic nitrogens is 1. The molecule has 0 saturated heterocycles. The van der Waals surface area contributed by atoms with Gasteiger partial charge in [0.15, 0.2) is 9.84 Å². The van der Waals surface area contributed by atoms with E-state index in [1.54, 1.807) is 18.5 Å². The largest absolute Gasteiger partial charge is 0.264 e. The van der Waals surface area contributed by atoms with Crippen LogP contribution in [0.1, 0.15) is 18.9 Å². The van der Waals surface area contributed by atoms with Gasteiger partial charge in [-0.15, -0.1) is 0 Å². The molecule has 0 saturated carbocycles. The molecule has 2 aromatic rings. The molecule has 4 heteroatoms. The third kappa shape index (κ3) is 2.47. The van der Waals surface area contributed by atoms with Crippen molar-refractivity contribution in [2.45, 2.75) is 24.7 Å². The van der Waals surface area contributed by atoms with Crippen molar-refractivity contribution in [2.75, 3.05) is 6.26 Å². The molecule has 0 amide bonds. The van der Waals surface area contributed by atoms with Crippen molar-refractivity contribution in [1.82, 2.24) is 4.98 Å². The summed E-state index contributed by atoms with van der Waals surface area (Å²) in [6.07, 6.45) is 6.39. The minimum atomic E-state index is -3.17. The molecular weight excluding hydrogens is 234 g/mol. The summed E-state index contributed by atoms with van der Waals surface area (Å²) in [4.78, 5) is 4.50.